The average Bonchev–Trinajstić information content (AvgIpc) is 2.37. The number of nitrogens with zero attached hydrogens (tertiary/aromatic N) is 1. The van der Waals surface area contributed by atoms with E-state index in [1.54, 1.807) is 0 Å². The number of pyridine rings is 1. The Morgan fingerprint density at radius 3 is 2.65 bits per heavy atom. The van der Waals surface area contributed by atoms with E-state index in [0.717, 1.165) is 19.3 Å². The molecule has 1 rings (SSSR count). The Hall–Kier alpha value is -0.650. The van der Waals surface area contributed by atoms with Gasteiger partial charge in [-0.05, 0) is 17.9 Å². The fourth-order valence-corrected chi connectivity index (χ4v) is 3.54. The summed E-state index contributed by atoms with van der Waals surface area (Å²) in [7, 11) is -3.60. The SMILES string of the molecule is CCCCCC(C)(C)CNS(=O)(=O)c1cnccc1Cl. The smallest absolute Gasteiger partial charge is 0.243 e. The zero-order valence-electron chi connectivity index (χ0n) is 12.3. The van der Waals surface area contributed by atoms with Gasteiger partial charge < -0.3 is 0 Å². The topological polar surface area (TPSA) is 59.1 Å². The van der Waals surface area contributed by atoms with E-state index in [9.17, 15) is 8.42 Å². The Morgan fingerprint density at radius 2 is 2.05 bits per heavy atom. The average molecular weight is 319 g/mol. The maximum absolute atomic E-state index is 12.2. The summed E-state index contributed by atoms with van der Waals surface area (Å²) in [4.78, 5) is 3.85. The number of nitrogens with one attached hydrogen (secondary N) is 1. The second-order valence-electron chi connectivity index (χ2n) is 5.75. The molecule has 0 bridgehead atoms. The molecular formula is C14H23ClN2O2S. The van der Waals surface area contributed by atoms with Crippen LogP contribution in [-0.2, 0) is 10.0 Å². The molecular weight excluding hydrogens is 296 g/mol. The number of sulfonamides is 1. The van der Waals surface area contributed by atoms with Gasteiger partial charge in [-0.15, -0.1) is 0 Å². The fraction of sp³-hybridized carbons (Fsp3) is 0.643. The van der Waals surface area contributed by atoms with Gasteiger partial charge in [0.2, 0.25) is 10.0 Å². The zero-order valence-corrected chi connectivity index (χ0v) is 13.9. The van der Waals surface area contributed by atoms with E-state index in [1.807, 2.05) is 0 Å². The molecule has 1 aromatic heterocycles. The third kappa shape index (κ3) is 5.38. The molecule has 0 radical (unpaired) electrons. The summed E-state index contributed by atoms with van der Waals surface area (Å²) < 4.78 is 27.0. The van der Waals surface area contributed by atoms with Gasteiger partial charge in [0.05, 0.1) is 5.02 Å². The predicted molar refractivity (Wildman–Crippen MR) is 82.4 cm³/mol. The molecule has 114 valence electrons. The second kappa shape index (κ2) is 7.38. The lowest BCUT2D eigenvalue weighted by Crippen LogP contribution is -2.34. The van der Waals surface area contributed by atoms with Crippen LogP contribution in [0.2, 0.25) is 5.02 Å². The molecule has 0 aliphatic rings. The van der Waals surface area contributed by atoms with Gasteiger partial charge in [-0.2, -0.15) is 0 Å². The normalized spacial score (nSPS) is 12.6. The molecule has 0 fully saturated rings. The lowest BCUT2D eigenvalue weighted by molar-refractivity contribution is 0.320. The van der Waals surface area contributed by atoms with Crippen molar-refractivity contribution in [3.05, 3.63) is 23.5 Å². The molecule has 0 saturated heterocycles. The van der Waals surface area contributed by atoms with Crippen LogP contribution in [0.4, 0.5) is 0 Å². The second-order valence-corrected chi connectivity index (χ2v) is 7.89. The largest absolute Gasteiger partial charge is 0.263 e. The van der Waals surface area contributed by atoms with Gasteiger partial charge >= 0.3 is 0 Å². The van der Waals surface area contributed by atoms with Crippen molar-refractivity contribution in [3.8, 4) is 0 Å². The highest BCUT2D eigenvalue weighted by molar-refractivity contribution is 7.89. The van der Waals surface area contributed by atoms with Crippen molar-refractivity contribution in [2.75, 3.05) is 6.54 Å². The van der Waals surface area contributed by atoms with Gasteiger partial charge in [-0.25, -0.2) is 13.1 Å². The quantitative estimate of drug-likeness (QED) is 0.745. The minimum atomic E-state index is -3.60. The Kier molecular flexibility index (Phi) is 6.43. The third-order valence-corrected chi connectivity index (χ3v) is 5.09. The highest BCUT2D eigenvalue weighted by Gasteiger charge is 2.23. The summed E-state index contributed by atoms with van der Waals surface area (Å²) in [5.41, 5.74) is -0.0725. The molecule has 0 amide bonds. The summed E-state index contributed by atoms with van der Waals surface area (Å²) in [6, 6.07) is 1.47. The van der Waals surface area contributed by atoms with Crippen LogP contribution in [0.3, 0.4) is 0 Å². The maximum Gasteiger partial charge on any atom is 0.243 e. The van der Waals surface area contributed by atoms with Crippen molar-refractivity contribution >= 4 is 21.6 Å². The van der Waals surface area contributed by atoms with Gasteiger partial charge in [-0.3, -0.25) is 4.98 Å². The molecule has 4 nitrogen and oxygen atoms in total. The number of halogens is 1. The van der Waals surface area contributed by atoms with Gasteiger partial charge in [0.25, 0.3) is 0 Å². The standard InChI is InChI=1S/C14H23ClN2O2S/c1-4-5-6-8-14(2,3)11-17-20(18,19)13-10-16-9-7-12(13)15/h7,9-10,17H,4-6,8,11H2,1-3H3. The Labute approximate surface area is 127 Å². The molecule has 0 aromatic carbocycles. The molecule has 0 aliphatic heterocycles. The third-order valence-electron chi connectivity index (χ3n) is 3.22. The summed E-state index contributed by atoms with van der Waals surface area (Å²) in [5, 5.41) is 0.191. The summed E-state index contributed by atoms with van der Waals surface area (Å²) in [5.74, 6) is 0. The van der Waals surface area contributed by atoms with Crippen molar-refractivity contribution in [1.82, 2.24) is 9.71 Å². The molecule has 0 atom stereocenters. The van der Waals surface area contributed by atoms with Crippen LogP contribution in [0.5, 0.6) is 0 Å². The van der Waals surface area contributed by atoms with Gasteiger partial charge in [-0.1, -0.05) is 51.6 Å². The number of aromatic nitrogens is 1. The van der Waals surface area contributed by atoms with Crippen molar-refractivity contribution in [2.24, 2.45) is 5.41 Å². The monoisotopic (exact) mass is 318 g/mol. The molecule has 1 N–H and O–H groups in total. The number of hydrogen-bond donors (Lipinski definition) is 1. The van der Waals surface area contributed by atoms with Crippen molar-refractivity contribution in [2.45, 2.75) is 51.3 Å². The summed E-state index contributed by atoms with van der Waals surface area (Å²) in [6.07, 6.45) is 7.17. The minimum absolute atomic E-state index is 0.0334. The molecule has 20 heavy (non-hydrogen) atoms. The lowest BCUT2D eigenvalue weighted by atomic mass is 9.87. The zero-order chi connectivity index (χ0) is 15.2. The highest BCUT2D eigenvalue weighted by Crippen LogP contribution is 2.24. The van der Waals surface area contributed by atoms with Crippen LogP contribution in [0.15, 0.2) is 23.4 Å². The Bertz CT molecular complexity index is 530. The van der Waals surface area contributed by atoms with E-state index in [0.29, 0.717) is 6.54 Å². The molecule has 0 aliphatic carbocycles. The van der Waals surface area contributed by atoms with Crippen molar-refractivity contribution in [3.63, 3.8) is 0 Å². The Morgan fingerprint density at radius 1 is 1.35 bits per heavy atom. The molecule has 1 heterocycles. The lowest BCUT2D eigenvalue weighted by Gasteiger charge is -2.25. The molecule has 0 unspecified atom stereocenters. The summed E-state index contributed by atoms with van der Waals surface area (Å²) in [6.45, 7) is 6.68. The Balaban J connectivity index is 2.66. The summed E-state index contributed by atoms with van der Waals surface area (Å²) >= 11 is 5.90. The van der Waals surface area contributed by atoms with Gasteiger partial charge in [0.1, 0.15) is 4.90 Å². The maximum atomic E-state index is 12.2. The fourth-order valence-electron chi connectivity index (χ4n) is 1.87. The first-order valence-electron chi connectivity index (χ1n) is 6.88. The first-order valence-corrected chi connectivity index (χ1v) is 8.74. The number of rotatable bonds is 8. The van der Waals surface area contributed by atoms with E-state index in [4.69, 9.17) is 11.6 Å². The molecule has 0 spiro atoms. The van der Waals surface area contributed by atoms with E-state index < -0.39 is 10.0 Å². The van der Waals surface area contributed by atoms with E-state index in [-0.39, 0.29) is 15.3 Å². The predicted octanol–water partition coefficient (Wildman–Crippen LogP) is 3.62. The van der Waals surface area contributed by atoms with Crippen LogP contribution < -0.4 is 4.72 Å². The molecule has 0 saturated carbocycles. The van der Waals surface area contributed by atoms with Gasteiger partial charge in [0.15, 0.2) is 0 Å². The number of unbranched alkanes of at least 4 members (excludes halogenated alkanes) is 2. The minimum Gasteiger partial charge on any atom is -0.263 e. The van der Waals surface area contributed by atoms with Crippen LogP contribution in [0, 0.1) is 5.41 Å². The van der Waals surface area contributed by atoms with E-state index in [1.165, 1.54) is 24.9 Å². The highest BCUT2D eigenvalue weighted by atomic mass is 35.5. The van der Waals surface area contributed by atoms with Crippen LogP contribution in [0.1, 0.15) is 46.5 Å². The van der Waals surface area contributed by atoms with Crippen molar-refractivity contribution in [1.29, 1.82) is 0 Å². The molecule has 6 heteroatoms. The van der Waals surface area contributed by atoms with E-state index in [2.05, 4.69) is 30.5 Å². The van der Waals surface area contributed by atoms with Crippen LogP contribution in [-0.4, -0.2) is 19.9 Å². The van der Waals surface area contributed by atoms with Crippen LogP contribution >= 0.6 is 11.6 Å². The first-order chi connectivity index (χ1) is 9.28. The van der Waals surface area contributed by atoms with E-state index >= 15 is 0 Å². The van der Waals surface area contributed by atoms with Crippen molar-refractivity contribution < 1.29 is 8.42 Å². The number of hydrogen-bond acceptors (Lipinski definition) is 3. The first kappa shape index (κ1) is 17.4. The van der Waals surface area contributed by atoms with Gasteiger partial charge in [0, 0.05) is 18.9 Å². The molecule has 1 aromatic rings. The van der Waals surface area contributed by atoms with Crippen LogP contribution in [0.25, 0.3) is 0 Å².